The van der Waals surface area contributed by atoms with Crippen molar-refractivity contribution < 1.29 is 9.59 Å². The van der Waals surface area contributed by atoms with Gasteiger partial charge in [-0.1, -0.05) is 42.8 Å². The normalized spacial score (nSPS) is 13.0. The van der Waals surface area contributed by atoms with Crippen molar-refractivity contribution in [2.24, 2.45) is 0 Å². The van der Waals surface area contributed by atoms with Gasteiger partial charge in [-0.3, -0.25) is 9.59 Å². The van der Waals surface area contributed by atoms with E-state index in [-0.39, 0.29) is 24.9 Å². The summed E-state index contributed by atoms with van der Waals surface area (Å²) in [4.78, 5) is 26.6. The van der Waals surface area contributed by atoms with Crippen molar-refractivity contribution in [3.63, 3.8) is 0 Å². The van der Waals surface area contributed by atoms with Crippen LogP contribution in [0.2, 0.25) is 0 Å². The Balaban J connectivity index is 1.52. The van der Waals surface area contributed by atoms with Crippen molar-refractivity contribution in [2.45, 2.75) is 33.1 Å². The van der Waals surface area contributed by atoms with E-state index in [9.17, 15) is 9.59 Å². The van der Waals surface area contributed by atoms with Gasteiger partial charge in [-0.25, -0.2) is 0 Å². The third kappa shape index (κ3) is 4.88. The molecule has 27 heavy (non-hydrogen) atoms. The molecular weight excluding hydrogens is 338 g/mol. The summed E-state index contributed by atoms with van der Waals surface area (Å²) in [6, 6.07) is 14.1. The number of carbonyl (C=O) groups is 2. The molecule has 0 saturated heterocycles. The Morgan fingerprint density at radius 3 is 2.74 bits per heavy atom. The predicted molar refractivity (Wildman–Crippen MR) is 109 cm³/mol. The Labute approximate surface area is 160 Å². The van der Waals surface area contributed by atoms with Gasteiger partial charge in [0.2, 0.25) is 11.8 Å². The van der Waals surface area contributed by atoms with Crippen molar-refractivity contribution in [2.75, 3.05) is 29.9 Å². The summed E-state index contributed by atoms with van der Waals surface area (Å²) in [5.41, 5.74) is 5.55. The van der Waals surface area contributed by atoms with Crippen LogP contribution in [0.15, 0.2) is 42.5 Å². The average molecular weight is 365 g/mol. The van der Waals surface area contributed by atoms with E-state index in [1.54, 1.807) is 0 Å². The molecule has 0 spiro atoms. The molecule has 2 aromatic rings. The van der Waals surface area contributed by atoms with Crippen LogP contribution in [0.3, 0.4) is 0 Å². The van der Waals surface area contributed by atoms with E-state index in [2.05, 4.69) is 40.7 Å². The first kappa shape index (κ1) is 19.0. The highest BCUT2D eigenvalue weighted by Crippen LogP contribution is 2.27. The number of hydrogen-bond donors (Lipinski definition) is 2. The molecule has 0 bridgehead atoms. The zero-order chi connectivity index (χ0) is 19.2. The summed E-state index contributed by atoms with van der Waals surface area (Å²) in [5.74, 6) is -0.346. The fourth-order valence-electron chi connectivity index (χ4n) is 3.52. The fourth-order valence-corrected chi connectivity index (χ4v) is 3.52. The van der Waals surface area contributed by atoms with Crippen molar-refractivity contribution >= 4 is 23.2 Å². The summed E-state index contributed by atoms with van der Waals surface area (Å²) in [5, 5.41) is 5.61. The van der Waals surface area contributed by atoms with Crippen LogP contribution in [-0.4, -0.2) is 31.4 Å². The highest BCUT2D eigenvalue weighted by molar-refractivity contribution is 5.95. The molecular formula is C22H27N3O2. The van der Waals surface area contributed by atoms with Gasteiger partial charge in [-0.15, -0.1) is 0 Å². The Morgan fingerprint density at radius 1 is 1.11 bits per heavy atom. The molecule has 2 aromatic carbocycles. The Bertz CT molecular complexity index is 832. The quantitative estimate of drug-likeness (QED) is 0.827. The number of nitrogens with one attached hydrogen (secondary N) is 2. The van der Waals surface area contributed by atoms with E-state index in [1.807, 2.05) is 31.2 Å². The summed E-state index contributed by atoms with van der Waals surface area (Å²) < 4.78 is 0. The number of hydrogen-bond acceptors (Lipinski definition) is 3. The van der Waals surface area contributed by atoms with Crippen LogP contribution in [0.4, 0.5) is 11.4 Å². The summed E-state index contributed by atoms with van der Waals surface area (Å²) in [6.45, 7) is 5.24. The lowest BCUT2D eigenvalue weighted by Crippen LogP contribution is -2.42. The van der Waals surface area contributed by atoms with Gasteiger partial charge in [0, 0.05) is 17.9 Å². The van der Waals surface area contributed by atoms with Crippen molar-refractivity contribution in [3.05, 3.63) is 59.2 Å². The first-order chi connectivity index (χ1) is 13.1. The summed E-state index contributed by atoms with van der Waals surface area (Å²) in [7, 11) is 0. The third-order valence-electron chi connectivity index (χ3n) is 4.90. The minimum atomic E-state index is -0.209. The molecule has 5 nitrogen and oxygen atoms in total. The number of para-hydroxylation sites is 1. The molecule has 1 aliphatic heterocycles. The average Bonchev–Trinajstić information content (AvgIpc) is 2.67. The van der Waals surface area contributed by atoms with Gasteiger partial charge in [-0.2, -0.15) is 0 Å². The number of carbonyl (C=O) groups excluding carboxylic acids is 2. The van der Waals surface area contributed by atoms with E-state index < -0.39 is 0 Å². The summed E-state index contributed by atoms with van der Waals surface area (Å²) in [6.07, 6.45) is 2.93. The van der Waals surface area contributed by atoms with Gasteiger partial charge in [0.05, 0.1) is 13.1 Å². The zero-order valence-corrected chi connectivity index (χ0v) is 16.0. The fraction of sp³-hybridized carbons (Fsp3) is 0.364. The molecule has 0 unspecified atom stereocenters. The lowest BCUT2D eigenvalue weighted by Gasteiger charge is -2.31. The van der Waals surface area contributed by atoms with Crippen LogP contribution in [-0.2, 0) is 22.4 Å². The molecule has 1 heterocycles. The van der Waals surface area contributed by atoms with Crippen LogP contribution < -0.4 is 15.5 Å². The number of amides is 2. The molecule has 3 rings (SSSR count). The van der Waals surface area contributed by atoms with E-state index in [1.165, 1.54) is 11.1 Å². The molecule has 0 aromatic heterocycles. The second-order valence-electron chi connectivity index (χ2n) is 6.99. The second kappa shape index (κ2) is 8.71. The maximum atomic E-state index is 12.3. The molecule has 0 aliphatic carbocycles. The maximum absolute atomic E-state index is 12.3. The van der Waals surface area contributed by atoms with Gasteiger partial charge in [0.15, 0.2) is 0 Å². The monoisotopic (exact) mass is 365 g/mol. The topological polar surface area (TPSA) is 61.4 Å². The molecule has 0 atom stereocenters. The number of aryl methyl sites for hydroxylation is 3. The van der Waals surface area contributed by atoms with Gasteiger partial charge in [-0.05, 0) is 49.4 Å². The minimum absolute atomic E-state index is 0.0223. The SMILES string of the molecule is CCc1ccccc1NC(=O)CNC(=O)CN1CCCc2cc(C)ccc21. The molecule has 0 fully saturated rings. The molecule has 2 N–H and O–H groups in total. The van der Waals surface area contributed by atoms with Gasteiger partial charge < -0.3 is 15.5 Å². The van der Waals surface area contributed by atoms with Crippen LogP contribution >= 0.6 is 0 Å². The zero-order valence-electron chi connectivity index (χ0n) is 16.0. The Kier molecular flexibility index (Phi) is 6.12. The van der Waals surface area contributed by atoms with Crippen molar-refractivity contribution in [1.29, 1.82) is 0 Å². The van der Waals surface area contributed by atoms with E-state index in [0.29, 0.717) is 0 Å². The molecule has 0 saturated carbocycles. The largest absolute Gasteiger partial charge is 0.362 e. The van der Waals surface area contributed by atoms with Crippen LogP contribution in [0, 0.1) is 6.92 Å². The second-order valence-corrected chi connectivity index (χ2v) is 6.99. The van der Waals surface area contributed by atoms with Gasteiger partial charge >= 0.3 is 0 Å². The van der Waals surface area contributed by atoms with Gasteiger partial charge in [0.25, 0.3) is 0 Å². The van der Waals surface area contributed by atoms with Crippen LogP contribution in [0.1, 0.15) is 30.0 Å². The standard InChI is InChI=1S/C22H27N3O2/c1-3-17-7-4-5-9-19(17)24-21(26)14-23-22(27)15-25-12-6-8-18-13-16(2)10-11-20(18)25/h4-5,7,9-11,13H,3,6,8,12,14-15H2,1-2H3,(H,23,27)(H,24,26). The minimum Gasteiger partial charge on any atom is -0.362 e. The molecule has 5 heteroatoms. The molecule has 1 aliphatic rings. The lowest BCUT2D eigenvalue weighted by molar-refractivity contribution is -0.123. The first-order valence-electron chi connectivity index (χ1n) is 9.55. The van der Waals surface area contributed by atoms with Gasteiger partial charge in [0.1, 0.15) is 0 Å². The molecule has 0 radical (unpaired) electrons. The van der Waals surface area contributed by atoms with E-state index in [0.717, 1.165) is 42.7 Å². The van der Waals surface area contributed by atoms with E-state index in [4.69, 9.17) is 0 Å². The molecule has 2 amide bonds. The maximum Gasteiger partial charge on any atom is 0.243 e. The number of anilines is 2. The number of benzene rings is 2. The Morgan fingerprint density at radius 2 is 1.93 bits per heavy atom. The highest BCUT2D eigenvalue weighted by Gasteiger charge is 2.19. The number of nitrogens with zero attached hydrogens (tertiary/aromatic N) is 1. The number of fused-ring (bicyclic) bond motifs is 1. The van der Waals surface area contributed by atoms with Crippen LogP contribution in [0.5, 0.6) is 0 Å². The smallest absolute Gasteiger partial charge is 0.243 e. The third-order valence-corrected chi connectivity index (χ3v) is 4.90. The number of rotatable bonds is 6. The van der Waals surface area contributed by atoms with Crippen molar-refractivity contribution in [1.82, 2.24) is 5.32 Å². The molecule has 142 valence electrons. The van der Waals surface area contributed by atoms with Crippen LogP contribution in [0.25, 0.3) is 0 Å². The van der Waals surface area contributed by atoms with Crippen molar-refractivity contribution in [3.8, 4) is 0 Å². The highest BCUT2D eigenvalue weighted by atomic mass is 16.2. The predicted octanol–water partition coefficient (Wildman–Crippen LogP) is 3.06. The lowest BCUT2D eigenvalue weighted by atomic mass is 9.99. The van der Waals surface area contributed by atoms with E-state index >= 15 is 0 Å². The summed E-state index contributed by atoms with van der Waals surface area (Å²) >= 11 is 0. The Hall–Kier alpha value is -2.82. The first-order valence-corrected chi connectivity index (χ1v) is 9.55.